The highest BCUT2D eigenvalue weighted by Crippen LogP contribution is 2.28. The Morgan fingerprint density at radius 2 is 2.15 bits per heavy atom. The fourth-order valence-electron chi connectivity index (χ4n) is 1.50. The second kappa shape index (κ2) is 9.42. The van der Waals surface area contributed by atoms with Gasteiger partial charge in [-0.15, -0.1) is 0 Å². The van der Waals surface area contributed by atoms with E-state index in [4.69, 9.17) is 14.2 Å². The van der Waals surface area contributed by atoms with Gasteiger partial charge in [-0.2, -0.15) is 0 Å². The molecule has 0 bridgehead atoms. The maximum atomic E-state index is 11.2. The number of hydrogen-bond donors (Lipinski definition) is 0. The largest absolute Gasteiger partial charge is 0.493 e. The van der Waals surface area contributed by atoms with E-state index in [0.717, 1.165) is 17.3 Å². The van der Waals surface area contributed by atoms with Crippen LogP contribution in [0.5, 0.6) is 11.5 Å². The highest BCUT2D eigenvalue weighted by atomic mass is 79.9. The summed E-state index contributed by atoms with van der Waals surface area (Å²) in [5, 5.41) is 0.898. The molecular formula is C15H19BrO4. The van der Waals surface area contributed by atoms with Gasteiger partial charge in [0.1, 0.15) is 0 Å². The lowest BCUT2D eigenvalue weighted by atomic mass is 10.2. The zero-order chi connectivity index (χ0) is 14.8. The Bertz CT molecular complexity index is 457. The number of carbonyl (C=O) groups excluding carboxylic acids is 1. The molecule has 0 atom stereocenters. The van der Waals surface area contributed by atoms with Crippen molar-refractivity contribution in [3.8, 4) is 11.5 Å². The molecule has 0 heterocycles. The molecule has 0 N–H and O–H groups in total. The van der Waals surface area contributed by atoms with Crippen molar-refractivity contribution in [1.82, 2.24) is 0 Å². The number of esters is 1. The summed E-state index contributed by atoms with van der Waals surface area (Å²) in [7, 11) is 1.59. The van der Waals surface area contributed by atoms with Crippen molar-refractivity contribution in [3.63, 3.8) is 0 Å². The number of benzene rings is 1. The molecular weight excluding hydrogens is 324 g/mol. The van der Waals surface area contributed by atoms with Gasteiger partial charge in [0.2, 0.25) is 0 Å². The molecule has 0 unspecified atom stereocenters. The van der Waals surface area contributed by atoms with Crippen molar-refractivity contribution >= 4 is 28.0 Å². The van der Waals surface area contributed by atoms with Crippen LogP contribution in [0.3, 0.4) is 0 Å². The first-order valence-electron chi connectivity index (χ1n) is 6.43. The Morgan fingerprint density at radius 3 is 2.80 bits per heavy atom. The Kier molecular flexibility index (Phi) is 7.80. The summed E-state index contributed by atoms with van der Waals surface area (Å²) in [6, 6.07) is 5.51. The third-order valence-electron chi connectivity index (χ3n) is 2.42. The monoisotopic (exact) mass is 342 g/mol. The minimum Gasteiger partial charge on any atom is -0.493 e. The predicted molar refractivity (Wildman–Crippen MR) is 82.6 cm³/mol. The van der Waals surface area contributed by atoms with Gasteiger partial charge in [0, 0.05) is 11.4 Å². The number of ether oxygens (including phenoxy) is 3. The Balaban J connectivity index is 2.73. The zero-order valence-corrected chi connectivity index (χ0v) is 13.3. The molecule has 1 rings (SSSR count). The predicted octanol–water partition coefficient (Wildman–Crippen LogP) is 3.44. The van der Waals surface area contributed by atoms with Crippen LogP contribution in [0, 0.1) is 0 Å². The van der Waals surface area contributed by atoms with E-state index in [1.54, 1.807) is 20.1 Å². The molecule has 0 aliphatic carbocycles. The summed E-state index contributed by atoms with van der Waals surface area (Å²) in [6.07, 6.45) is 4.00. The molecule has 0 aromatic heterocycles. The van der Waals surface area contributed by atoms with E-state index in [2.05, 4.69) is 15.9 Å². The van der Waals surface area contributed by atoms with Crippen LogP contribution in [0.25, 0.3) is 6.08 Å². The molecule has 0 aliphatic heterocycles. The SMILES string of the molecule is CCOC(=O)/C=C/c1ccc(OCCCBr)c(OC)c1. The molecule has 0 radical (unpaired) electrons. The van der Waals surface area contributed by atoms with Gasteiger partial charge in [-0.25, -0.2) is 4.79 Å². The van der Waals surface area contributed by atoms with Crippen LogP contribution in [0.4, 0.5) is 0 Å². The molecule has 110 valence electrons. The summed E-state index contributed by atoms with van der Waals surface area (Å²) < 4.78 is 15.7. The Morgan fingerprint density at radius 1 is 1.35 bits per heavy atom. The molecule has 5 heteroatoms. The lowest BCUT2D eigenvalue weighted by Crippen LogP contribution is -2.00. The van der Waals surface area contributed by atoms with E-state index in [-0.39, 0.29) is 5.97 Å². The summed E-state index contributed by atoms with van der Waals surface area (Å²) in [6.45, 7) is 2.76. The lowest BCUT2D eigenvalue weighted by Gasteiger charge is -2.10. The van der Waals surface area contributed by atoms with Gasteiger partial charge in [-0.3, -0.25) is 0 Å². The van der Waals surface area contributed by atoms with Crippen LogP contribution < -0.4 is 9.47 Å². The maximum absolute atomic E-state index is 11.2. The number of rotatable bonds is 8. The first kappa shape index (κ1) is 16.6. The first-order valence-corrected chi connectivity index (χ1v) is 7.55. The van der Waals surface area contributed by atoms with Crippen molar-refractivity contribution in [2.45, 2.75) is 13.3 Å². The van der Waals surface area contributed by atoms with Crippen LogP contribution in [-0.2, 0) is 9.53 Å². The fraction of sp³-hybridized carbons (Fsp3) is 0.400. The smallest absolute Gasteiger partial charge is 0.330 e. The van der Waals surface area contributed by atoms with Gasteiger partial charge >= 0.3 is 5.97 Å². The van der Waals surface area contributed by atoms with E-state index in [1.165, 1.54) is 6.08 Å². The molecule has 1 aromatic rings. The van der Waals surface area contributed by atoms with Crippen LogP contribution in [0.2, 0.25) is 0 Å². The van der Waals surface area contributed by atoms with Crippen LogP contribution in [0.1, 0.15) is 18.9 Å². The Hall–Kier alpha value is -1.49. The molecule has 0 spiro atoms. The van der Waals surface area contributed by atoms with Gasteiger partial charge in [-0.05, 0) is 37.1 Å². The molecule has 0 aliphatic rings. The van der Waals surface area contributed by atoms with Crippen LogP contribution in [0.15, 0.2) is 24.3 Å². The number of alkyl halides is 1. The van der Waals surface area contributed by atoms with Crippen molar-refractivity contribution in [3.05, 3.63) is 29.8 Å². The molecule has 0 fully saturated rings. The summed E-state index contributed by atoms with van der Waals surface area (Å²) >= 11 is 3.35. The molecule has 20 heavy (non-hydrogen) atoms. The minimum absolute atomic E-state index is 0.357. The molecule has 4 nitrogen and oxygen atoms in total. The van der Waals surface area contributed by atoms with Crippen molar-refractivity contribution in [1.29, 1.82) is 0 Å². The van der Waals surface area contributed by atoms with Gasteiger partial charge in [0.25, 0.3) is 0 Å². The van der Waals surface area contributed by atoms with Gasteiger partial charge < -0.3 is 14.2 Å². The standard InChI is InChI=1S/C15H19BrO4/c1-3-19-15(17)8-6-12-5-7-13(14(11-12)18-2)20-10-4-9-16/h5-8,11H,3-4,9-10H2,1-2H3/b8-6+. The first-order chi connectivity index (χ1) is 9.71. The highest BCUT2D eigenvalue weighted by molar-refractivity contribution is 9.09. The third-order valence-corrected chi connectivity index (χ3v) is 2.98. The molecule has 0 saturated heterocycles. The summed E-state index contributed by atoms with van der Waals surface area (Å²) in [5.41, 5.74) is 0.850. The summed E-state index contributed by atoms with van der Waals surface area (Å²) in [4.78, 5) is 11.2. The maximum Gasteiger partial charge on any atom is 0.330 e. The van der Waals surface area contributed by atoms with Gasteiger partial charge in [-0.1, -0.05) is 22.0 Å². The van der Waals surface area contributed by atoms with E-state index in [9.17, 15) is 4.79 Å². The van der Waals surface area contributed by atoms with E-state index < -0.39 is 0 Å². The zero-order valence-electron chi connectivity index (χ0n) is 11.7. The fourth-order valence-corrected chi connectivity index (χ4v) is 1.73. The molecule has 0 saturated carbocycles. The average molecular weight is 343 g/mol. The number of carbonyl (C=O) groups is 1. The lowest BCUT2D eigenvalue weighted by molar-refractivity contribution is -0.137. The van der Waals surface area contributed by atoms with Crippen molar-refractivity contribution in [2.24, 2.45) is 0 Å². The topological polar surface area (TPSA) is 44.8 Å². The summed E-state index contributed by atoms with van der Waals surface area (Å²) in [5.74, 6) is 0.983. The van der Waals surface area contributed by atoms with Crippen molar-refractivity contribution < 1.29 is 19.0 Å². The second-order valence-electron chi connectivity index (χ2n) is 3.89. The minimum atomic E-state index is -0.357. The highest BCUT2D eigenvalue weighted by Gasteiger charge is 2.05. The normalized spacial score (nSPS) is 10.6. The van der Waals surface area contributed by atoms with E-state index >= 15 is 0 Å². The quantitative estimate of drug-likeness (QED) is 0.314. The second-order valence-corrected chi connectivity index (χ2v) is 4.68. The average Bonchev–Trinajstić information content (AvgIpc) is 2.46. The van der Waals surface area contributed by atoms with Crippen molar-refractivity contribution in [2.75, 3.05) is 25.7 Å². The number of hydrogen-bond acceptors (Lipinski definition) is 4. The van der Waals surface area contributed by atoms with Gasteiger partial charge in [0.15, 0.2) is 11.5 Å². The van der Waals surface area contributed by atoms with Crippen LogP contribution in [-0.4, -0.2) is 31.6 Å². The van der Waals surface area contributed by atoms with Gasteiger partial charge in [0.05, 0.1) is 20.3 Å². The van der Waals surface area contributed by atoms with E-state index in [1.807, 2.05) is 18.2 Å². The third kappa shape index (κ3) is 5.65. The van der Waals surface area contributed by atoms with E-state index in [0.29, 0.717) is 24.7 Å². The Labute approximate surface area is 127 Å². The number of halogens is 1. The molecule has 0 amide bonds. The molecule has 1 aromatic carbocycles. The number of methoxy groups -OCH3 is 1. The van der Waals surface area contributed by atoms with Crippen LogP contribution >= 0.6 is 15.9 Å².